The van der Waals surface area contributed by atoms with Crippen molar-refractivity contribution in [2.45, 2.75) is 52.5 Å². The summed E-state index contributed by atoms with van der Waals surface area (Å²) in [7, 11) is 1.99. The molecule has 4 nitrogen and oxygen atoms in total. The van der Waals surface area contributed by atoms with E-state index in [1.165, 1.54) is 31.4 Å². The van der Waals surface area contributed by atoms with Crippen LogP contribution in [0.25, 0.3) is 5.65 Å². The first-order valence-corrected chi connectivity index (χ1v) is 11.3. The van der Waals surface area contributed by atoms with Crippen molar-refractivity contribution in [3.05, 3.63) is 83.6 Å². The van der Waals surface area contributed by atoms with E-state index in [1.807, 2.05) is 20.2 Å². The Bertz CT molecular complexity index is 1020. The maximum absolute atomic E-state index is 14.4. The number of nitrogens with one attached hydrogen (secondary N) is 1. The second-order valence-corrected chi connectivity index (χ2v) is 8.55. The lowest BCUT2D eigenvalue weighted by molar-refractivity contribution is 0.437. The summed E-state index contributed by atoms with van der Waals surface area (Å²) in [5.74, 6) is -0.212. The van der Waals surface area contributed by atoms with Gasteiger partial charge >= 0.3 is 0 Å². The van der Waals surface area contributed by atoms with Crippen LogP contribution in [0.2, 0.25) is 0 Å². The Balaban J connectivity index is 1.63. The molecule has 0 saturated heterocycles. The maximum atomic E-state index is 14.4. The highest BCUT2D eigenvalue weighted by atomic mass is 19.1. The van der Waals surface area contributed by atoms with Gasteiger partial charge in [-0.05, 0) is 56.4 Å². The van der Waals surface area contributed by atoms with Gasteiger partial charge in [-0.1, -0.05) is 25.1 Å². The van der Waals surface area contributed by atoms with Crippen LogP contribution in [0.3, 0.4) is 0 Å². The molecule has 6 heteroatoms. The van der Waals surface area contributed by atoms with Crippen molar-refractivity contribution < 1.29 is 8.78 Å². The number of hydrogen-bond donors (Lipinski definition) is 1. The monoisotopic (exact) mass is 440 g/mol. The average molecular weight is 441 g/mol. The molecule has 3 rings (SSSR count). The Morgan fingerprint density at radius 1 is 1.31 bits per heavy atom. The van der Waals surface area contributed by atoms with Gasteiger partial charge in [0, 0.05) is 50.2 Å². The smallest absolute Gasteiger partial charge is 0.137 e. The summed E-state index contributed by atoms with van der Waals surface area (Å²) in [5, 5.41) is 3.31. The number of hydrogen-bond acceptors (Lipinski definition) is 3. The molecule has 32 heavy (non-hydrogen) atoms. The third-order valence-electron chi connectivity index (χ3n) is 5.44. The van der Waals surface area contributed by atoms with E-state index in [4.69, 9.17) is 4.98 Å². The molecule has 0 aliphatic heterocycles. The van der Waals surface area contributed by atoms with Crippen molar-refractivity contribution in [2.75, 3.05) is 13.6 Å². The van der Waals surface area contributed by atoms with E-state index in [0.29, 0.717) is 13.0 Å². The van der Waals surface area contributed by atoms with Crippen molar-refractivity contribution in [1.82, 2.24) is 19.6 Å². The number of aromatic nitrogens is 2. The molecule has 1 aliphatic rings. The van der Waals surface area contributed by atoms with Crippen molar-refractivity contribution in [3.8, 4) is 0 Å². The highest BCUT2D eigenvalue weighted by Gasteiger charge is 2.23. The minimum atomic E-state index is -0.398. The van der Waals surface area contributed by atoms with Gasteiger partial charge in [-0.3, -0.25) is 0 Å². The molecule has 1 aliphatic carbocycles. The SMILES string of the molecule is CCN/C(=C\N(C)Cc1cn2cc(C3CC3)ccc2n1)C/C=C(\F)C(C)C=C/C=C(\C)F. The van der Waals surface area contributed by atoms with E-state index < -0.39 is 5.92 Å². The lowest BCUT2D eigenvalue weighted by Crippen LogP contribution is -2.18. The molecule has 0 aromatic carbocycles. The maximum Gasteiger partial charge on any atom is 0.137 e. The summed E-state index contributed by atoms with van der Waals surface area (Å²) in [6.45, 7) is 6.55. The topological polar surface area (TPSA) is 32.6 Å². The van der Waals surface area contributed by atoms with Crippen LogP contribution in [-0.4, -0.2) is 27.9 Å². The van der Waals surface area contributed by atoms with Crippen molar-refractivity contribution in [3.63, 3.8) is 0 Å². The number of rotatable bonds is 11. The van der Waals surface area contributed by atoms with Gasteiger partial charge in [-0.15, -0.1) is 0 Å². The van der Waals surface area contributed by atoms with Gasteiger partial charge in [-0.25, -0.2) is 13.8 Å². The van der Waals surface area contributed by atoms with E-state index in [0.717, 1.165) is 29.5 Å². The number of nitrogens with zero attached hydrogens (tertiary/aromatic N) is 3. The number of fused-ring (bicyclic) bond motifs is 1. The minimum Gasteiger partial charge on any atom is -0.387 e. The zero-order valence-corrected chi connectivity index (χ0v) is 19.5. The normalized spacial score (nSPS) is 16.8. The quantitative estimate of drug-likeness (QED) is 0.410. The first-order valence-electron chi connectivity index (χ1n) is 11.3. The molecule has 1 fully saturated rings. The fraction of sp³-hybridized carbons (Fsp3) is 0.423. The Morgan fingerprint density at radius 2 is 2.09 bits per heavy atom. The summed E-state index contributed by atoms with van der Waals surface area (Å²) in [5.41, 5.74) is 4.27. The Kier molecular flexibility index (Phi) is 8.26. The van der Waals surface area contributed by atoms with Gasteiger partial charge < -0.3 is 14.6 Å². The number of imidazole rings is 1. The summed E-state index contributed by atoms with van der Waals surface area (Å²) in [6, 6.07) is 4.27. The fourth-order valence-corrected chi connectivity index (χ4v) is 3.60. The van der Waals surface area contributed by atoms with Crippen LogP contribution in [0.15, 0.2) is 72.4 Å². The second-order valence-electron chi connectivity index (χ2n) is 8.55. The van der Waals surface area contributed by atoms with E-state index in [2.05, 4.69) is 39.1 Å². The van der Waals surface area contributed by atoms with Crippen molar-refractivity contribution >= 4 is 5.65 Å². The molecule has 0 amide bonds. The highest BCUT2D eigenvalue weighted by Crippen LogP contribution is 2.39. The molecule has 2 aromatic rings. The number of allylic oxidation sites excluding steroid dienone is 6. The van der Waals surface area contributed by atoms with E-state index >= 15 is 0 Å². The standard InChI is InChI=1S/C26H34F2N4/c1-5-29-23(12-13-25(28)19(2)7-6-8-20(3)27)16-31(4)17-24-18-32-15-22(21-9-10-21)11-14-26(32)30-24/h6-8,11,13-16,18-19,21,29H,5,9-10,12,17H2,1-4H3/b7-6?,20-8+,23-16-,25-13-. The molecular weight excluding hydrogens is 406 g/mol. The predicted octanol–water partition coefficient (Wildman–Crippen LogP) is 6.40. The average Bonchev–Trinajstić information content (AvgIpc) is 3.51. The van der Waals surface area contributed by atoms with Gasteiger partial charge in [-0.2, -0.15) is 0 Å². The van der Waals surface area contributed by atoms with Crippen LogP contribution < -0.4 is 5.32 Å². The Morgan fingerprint density at radius 3 is 2.78 bits per heavy atom. The molecule has 172 valence electrons. The second kappa shape index (κ2) is 11.1. The number of pyridine rings is 1. The molecule has 1 saturated carbocycles. The van der Waals surface area contributed by atoms with Crippen LogP contribution in [0.1, 0.15) is 57.2 Å². The molecule has 0 bridgehead atoms. The summed E-state index contributed by atoms with van der Waals surface area (Å²) in [6.07, 6.45) is 15.4. The molecular formula is C26H34F2N4. The van der Waals surface area contributed by atoms with Gasteiger partial charge in [0.15, 0.2) is 0 Å². The van der Waals surface area contributed by atoms with Gasteiger partial charge in [0.2, 0.25) is 0 Å². The molecule has 2 heterocycles. The van der Waals surface area contributed by atoms with Crippen LogP contribution in [0, 0.1) is 5.92 Å². The van der Waals surface area contributed by atoms with Crippen LogP contribution >= 0.6 is 0 Å². The summed E-state index contributed by atoms with van der Waals surface area (Å²) < 4.78 is 29.3. The van der Waals surface area contributed by atoms with Gasteiger partial charge in [0.05, 0.1) is 18.1 Å². The molecule has 0 radical (unpaired) electrons. The molecule has 0 spiro atoms. The zero-order valence-electron chi connectivity index (χ0n) is 19.5. The summed E-state index contributed by atoms with van der Waals surface area (Å²) in [4.78, 5) is 6.79. The zero-order chi connectivity index (χ0) is 23.1. The van der Waals surface area contributed by atoms with E-state index in [1.54, 1.807) is 25.2 Å². The first-order chi connectivity index (χ1) is 15.4. The Labute approximate surface area is 190 Å². The largest absolute Gasteiger partial charge is 0.387 e. The molecule has 2 aromatic heterocycles. The van der Waals surface area contributed by atoms with Crippen molar-refractivity contribution in [1.29, 1.82) is 0 Å². The summed E-state index contributed by atoms with van der Waals surface area (Å²) >= 11 is 0. The third kappa shape index (κ3) is 7.08. The predicted molar refractivity (Wildman–Crippen MR) is 127 cm³/mol. The lowest BCUT2D eigenvalue weighted by atomic mass is 10.1. The highest BCUT2D eigenvalue weighted by molar-refractivity contribution is 5.42. The van der Waals surface area contributed by atoms with Gasteiger partial charge in [0.25, 0.3) is 0 Å². The number of halogens is 2. The van der Waals surface area contributed by atoms with Crippen molar-refractivity contribution in [2.24, 2.45) is 5.92 Å². The third-order valence-corrected chi connectivity index (χ3v) is 5.44. The molecule has 1 N–H and O–H groups in total. The van der Waals surface area contributed by atoms with Crippen LogP contribution in [0.4, 0.5) is 8.78 Å². The van der Waals surface area contributed by atoms with Crippen LogP contribution in [-0.2, 0) is 6.54 Å². The van der Waals surface area contributed by atoms with Gasteiger partial charge in [0.1, 0.15) is 11.5 Å². The fourth-order valence-electron chi connectivity index (χ4n) is 3.60. The minimum absolute atomic E-state index is 0.232. The Hall–Kier alpha value is -2.89. The van der Waals surface area contributed by atoms with E-state index in [-0.39, 0.29) is 11.7 Å². The lowest BCUT2D eigenvalue weighted by Gasteiger charge is -2.16. The van der Waals surface area contributed by atoms with Crippen LogP contribution in [0.5, 0.6) is 0 Å². The molecule has 1 atom stereocenters. The first kappa shape index (κ1) is 23.8. The van der Waals surface area contributed by atoms with E-state index in [9.17, 15) is 8.78 Å². The molecule has 1 unspecified atom stereocenters.